The molecule has 0 fully saturated rings. The van der Waals surface area contributed by atoms with E-state index in [4.69, 9.17) is 0 Å². The van der Waals surface area contributed by atoms with Crippen LogP contribution < -0.4 is 4.90 Å². The maximum Gasteiger partial charge on any atom is 0.0433 e. The summed E-state index contributed by atoms with van der Waals surface area (Å²) >= 11 is 0. The first-order valence-electron chi connectivity index (χ1n) is 8.96. The summed E-state index contributed by atoms with van der Waals surface area (Å²) < 4.78 is 0. The minimum absolute atomic E-state index is 0.183. The molecule has 0 amide bonds. The van der Waals surface area contributed by atoms with E-state index in [1.165, 1.54) is 22.4 Å². The first-order valence-corrected chi connectivity index (χ1v) is 8.96. The van der Waals surface area contributed by atoms with Gasteiger partial charge in [0, 0.05) is 18.8 Å². The van der Waals surface area contributed by atoms with E-state index < -0.39 is 0 Å². The average Bonchev–Trinajstić information content (AvgIpc) is 2.62. The lowest BCUT2D eigenvalue weighted by molar-refractivity contribution is 0.590. The standard InChI is InChI=1S/C24H27N/c1-24(2,3)22-14-16-23(17-15-22)25(18-20-10-6-4-7-11-20)19-21-12-8-5-9-13-21/h4-17H,18-19H2,1-3H3. The Bertz CT molecular complexity index is 726. The molecule has 3 aromatic carbocycles. The largest absolute Gasteiger partial charge is 0.363 e. The number of hydrogen-bond acceptors (Lipinski definition) is 1. The van der Waals surface area contributed by atoms with Gasteiger partial charge in [-0.25, -0.2) is 0 Å². The second-order valence-electron chi connectivity index (χ2n) is 7.62. The number of hydrogen-bond donors (Lipinski definition) is 0. The van der Waals surface area contributed by atoms with Crippen LogP contribution in [0.3, 0.4) is 0 Å². The van der Waals surface area contributed by atoms with E-state index in [2.05, 4.69) is 111 Å². The maximum absolute atomic E-state index is 2.44. The van der Waals surface area contributed by atoms with Crippen molar-refractivity contribution in [1.29, 1.82) is 0 Å². The lowest BCUT2D eigenvalue weighted by Crippen LogP contribution is -2.22. The van der Waals surface area contributed by atoms with Gasteiger partial charge in [-0.1, -0.05) is 93.6 Å². The molecule has 128 valence electrons. The van der Waals surface area contributed by atoms with Gasteiger partial charge in [0.1, 0.15) is 0 Å². The molecule has 0 saturated carbocycles. The minimum atomic E-state index is 0.183. The van der Waals surface area contributed by atoms with E-state index in [0.29, 0.717) is 0 Å². The summed E-state index contributed by atoms with van der Waals surface area (Å²) in [5, 5.41) is 0. The van der Waals surface area contributed by atoms with Crippen LogP contribution in [0.25, 0.3) is 0 Å². The van der Waals surface area contributed by atoms with E-state index >= 15 is 0 Å². The van der Waals surface area contributed by atoms with Crippen molar-refractivity contribution >= 4 is 5.69 Å². The second-order valence-corrected chi connectivity index (χ2v) is 7.62. The zero-order chi connectivity index (χ0) is 17.7. The van der Waals surface area contributed by atoms with Crippen LogP contribution in [0.15, 0.2) is 84.9 Å². The Morgan fingerprint density at radius 2 is 1.04 bits per heavy atom. The van der Waals surface area contributed by atoms with Gasteiger partial charge in [-0.3, -0.25) is 0 Å². The zero-order valence-corrected chi connectivity index (χ0v) is 15.4. The third-order valence-electron chi connectivity index (χ3n) is 4.53. The molecule has 1 nitrogen and oxygen atoms in total. The van der Waals surface area contributed by atoms with Gasteiger partial charge in [-0.05, 0) is 34.2 Å². The van der Waals surface area contributed by atoms with Crippen LogP contribution in [0.4, 0.5) is 5.69 Å². The predicted octanol–water partition coefficient (Wildman–Crippen LogP) is 6.19. The molecule has 0 aliphatic heterocycles. The van der Waals surface area contributed by atoms with Crippen LogP contribution in [-0.2, 0) is 18.5 Å². The van der Waals surface area contributed by atoms with E-state index in [9.17, 15) is 0 Å². The highest BCUT2D eigenvalue weighted by Crippen LogP contribution is 2.26. The third kappa shape index (κ3) is 4.73. The first-order chi connectivity index (χ1) is 12.0. The topological polar surface area (TPSA) is 3.24 Å². The van der Waals surface area contributed by atoms with Crippen molar-refractivity contribution in [3.05, 3.63) is 102 Å². The van der Waals surface area contributed by atoms with Crippen molar-refractivity contribution in [2.24, 2.45) is 0 Å². The highest BCUT2D eigenvalue weighted by Gasteiger charge is 2.14. The fourth-order valence-electron chi connectivity index (χ4n) is 3.02. The van der Waals surface area contributed by atoms with Gasteiger partial charge in [0.15, 0.2) is 0 Å². The van der Waals surface area contributed by atoms with Crippen molar-refractivity contribution in [3.63, 3.8) is 0 Å². The number of rotatable bonds is 5. The summed E-state index contributed by atoms with van der Waals surface area (Å²) in [4.78, 5) is 2.44. The van der Waals surface area contributed by atoms with Crippen LogP contribution in [0.2, 0.25) is 0 Å². The number of anilines is 1. The highest BCUT2D eigenvalue weighted by molar-refractivity contribution is 5.49. The van der Waals surface area contributed by atoms with Crippen molar-refractivity contribution < 1.29 is 0 Å². The van der Waals surface area contributed by atoms with Crippen LogP contribution in [0, 0.1) is 0 Å². The number of nitrogens with zero attached hydrogens (tertiary/aromatic N) is 1. The number of benzene rings is 3. The molecule has 3 aromatic rings. The molecule has 0 aliphatic carbocycles. The molecule has 0 bridgehead atoms. The fourth-order valence-corrected chi connectivity index (χ4v) is 3.02. The molecule has 3 rings (SSSR count). The fraction of sp³-hybridized carbons (Fsp3) is 0.250. The molecule has 0 aliphatic rings. The molecule has 1 heteroatoms. The van der Waals surface area contributed by atoms with Crippen molar-refractivity contribution in [2.45, 2.75) is 39.3 Å². The van der Waals surface area contributed by atoms with Gasteiger partial charge in [0.25, 0.3) is 0 Å². The summed E-state index contributed by atoms with van der Waals surface area (Å²) in [7, 11) is 0. The Morgan fingerprint density at radius 1 is 0.600 bits per heavy atom. The van der Waals surface area contributed by atoms with Gasteiger partial charge in [-0.2, -0.15) is 0 Å². The molecule has 0 heterocycles. The molecule has 0 unspecified atom stereocenters. The predicted molar refractivity (Wildman–Crippen MR) is 108 cm³/mol. The molecule has 0 radical (unpaired) electrons. The molecule has 0 spiro atoms. The average molecular weight is 329 g/mol. The first kappa shape index (κ1) is 17.3. The Hall–Kier alpha value is -2.54. The summed E-state index contributed by atoms with van der Waals surface area (Å²) in [5.41, 5.74) is 5.48. The Morgan fingerprint density at radius 3 is 1.44 bits per heavy atom. The maximum atomic E-state index is 2.44. The molecule has 0 saturated heterocycles. The van der Waals surface area contributed by atoms with Crippen LogP contribution in [0.5, 0.6) is 0 Å². The normalized spacial score (nSPS) is 11.3. The monoisotopic (exact) mass is 329 g/mol. The summed E-state index contributed by atoms with van der Waals surface area (Å²) in [6.07, 6.45) is 0. The molecular weight excluding hydrogens is 302 g/mol. The lowest BCUT2D eigenvalue weighted by atomic mass is 9.87. The molecule has 0 aromatic heterocycles. The van der Waals surface area contributed by atoms with Crippen LogP contribution >= 0.6 is 0 Å². The molecular formula is C24H27N. The SMILES string of the molecule is CC(C)(C)c1ccc(N(Cc2ccccc2)Cc2ccccc2)cc1. The smallest absolute Gasteiger partial charge is 0.0433 e. The van der Waals surface area contributed by atoms with Crippen molar-refractivity contribution in [2.75, 3.05) is 4.90 Å². The van der Waals surface area contributed by atoms with Gasteiger partial charge in [-0.15, -0.1) is 0 Å². The molecule has 25 heavy (non-hydrogen) atoms. The van der Waals surface area contributed by atoms with Gasteiger partial charge >= 0.3 is 0 Å². The summed E-state index contributed by atoms with van der Waals surface area (Å²) in [6, 6.07) is 30.4. The van der Waals surface area contributed by atoms with Crippen molar-refractivity contribution in [1.82, 2.24) is 0 Å². The zero-order valence-electron chi connectivity index (χ0n) is 15.4. The van der Waals surface area contributed by atoms with E-state index in [1.54, 1.807) is 0 Å². The van der Waals surface area contributed by atoms with Gasteiger partial charge in [0.2, 0.25) is 0 Å². The molecule has 0 atom stereocenters. The quantitative estimate of drug-likeness (QED) is 0.539. The van der Waals surface area contributed by atoms with Gasteiger partial charge < -0.3 is 4.90 Å². The van der Waals surface area contributed by atoms with Crippen LogP contribution in [0.1, 0.15) is 37.5 Å². The van der Waals surface area contributed by atoms with Crippen LogP contribution in [-0.4, -0.2) is 0 Å². The highest BCUT2D eigenvalue weighted by atomic mass is 15.1. The third-order valence-corrected chi connectivity index (χ3v) is 4.53. The minimum Gasteiger partial charge on any atom is -0.363 e. The second kappa shape index (κ2) is 7.57. The lowest BCUT2D eigenvalue weighted by Gasteiger charge is -2.27. The Balaban J connectivity index is 1.87. The van der Waals surface area contributed by atoms with E-state index in [0.717, 1.165) is 13.1 Å². The summed E-state index contributed by atoms with van der Waals surface area (Å²) in [5.74, 6) is 0. The van der Waals surface area contributed by atoms with E-state index in [-0.39, 0.29) is 5.41 Å². The molecule has 0 N–H and O–H groups in total. The Labute approximate surface area is 151 Å². The van der Waals surface area contributed by atoms with Crippen molar-refractivity contribution in [3.8, 4) is 0 Å². The Kier molecular flexibility index (Phi) is 5.23. The summed E-state index contributed by atoms with van der Waals surface area (Å²) in [6.45, 7) is 8.59. The van der Waals surface area contributed by atoms with Gasteiger partial charge in [0.05, 0.1) is 0 Å². The van der Waals surface area contributed by atoms with E-state index in [1.807, 2.05) is 0 Å².